The Hall–Kier alpha value is -3.32. The zero-order valence-electron chi connectivity index (χ0n) is 17.3. The predicted molar refractivity (Wildman–Crippen MR) is 128 cm³/mol. The van der Waals surface area contributed by atoms with Crippen LogP contribution in [0.1, 0.15) is 17.9 Å². The average Bonchev–Trinajstić information content (AvgIpc) is 3.54. The molecular weight excluding hydrogens is 421 g/mol. The molecule has 5 rings (SSSR count). The topological polar surface area (TPSA) is 71.3 Å². The van der Waals surface area contributed by atoms with Crippen LogP contribution in [-0.4, -0.2) is 41.4 Å². The van der Waals surface area contributed by atoms with E-state index in [0.29, 0.717) is 40.8 Å². The molecule has 0 unspecified atom stereocenters. The van der Waals surface area contributed by atoms with Gasteiger partial charge in [-0.1, -0.05) is 60.1 Å². The monoisotopic (exact) mass is 441 g/mol. The van der Waals surface area contributed by atoms with Crippen molar-refractivity contribution in [2.24, 2.45) is 5.92 Å². The summed E-state index contributed by atoms with van der Waals surface area (Å²) in [6.45, 7) is 1.04. The molecule has 0 spiro atoms. The Morgan fingerprint density at radius 1 is 1.12 bits per heavy atom. The van der Waals surface area contributed by atoms with Crippen molar-refractivity contribution in [1.29, 1.82) is 0 Å². The van der Waals surface area contributed by atoms with E-state index in [-0.39, 0.29) is 11.8 Å². The fourth-order valence-electron chi connectivity index (χ4n) is 3.97. The molecule has 4 aromatic rings. The van der Waals surface area contributed by atoms with Crippen molar-refractivity contribution >= 4 is 42.3 Å². The lowest BCUT2D eigenvalue weighted by Gasteiger charge is -2.12. The zero-order chi connectivity index (χ0) is 22.1. The minimum absolute atomic E-state index is 0.0581. The molecule has 0 saturated heterocycles. The van der Waals surface area contributed by atoms with Gasteiger partial charge < -0.3 is 10.6 Å². The molecule has 2 radical (unpaired) electrons. The van der Waals surface area contributed by atoms with Crippen LogP contribution in [-0.2, 0) is 4.79 Å². The number of aromatic nitrogens is 3. The number of fused-ring (bicyclic) bond motifs is 1. The van der Waals surface area contributed by atoms with Crippen LogP contribution in [0.5, 0.6) is 0 Å². The molecular formula is C24H21BClN5O. The van der Waals surface area contributed by atoms with Gasteiger partial charge in [0.15, 0.2) is 5.65 Å². The molecule has 1 aliphatic rings. The second kappa shape index (κ2) is 8.67. The number of anilines is 1. The van der Waals surface area contributed by atoms with Crippen LogP contribution < -0.4 is 16.1 Å². The van der Waals surface area contributed by atoms with Crippen molar-refractivity contribution in [1.82, 2.24) is 19.9 Å². The van der Waals surface area contributed by atoms with Gasteiger partial charge in [0.05, 0.1) is 5.69 Å². The Labute approximate surface area is 192 Å². The Kier molecular flexibility index (Phi) is 5.58. The van der Waals surface area contributed by atoms with Crippen molar-refractivity contribution in [3.63, 3.8) is 0 Å². The number of benzene rings is 2. The highest BCUT2D eigenvalue weighted by molar-refractivity contribution is 6.36. The highest BCUT2D eigenvalue weighted by Crippen LogP contribution is 2.47. The number of amides is 1. The molecule has 8 heteroatoms. The van der Waals surface area contributed by atoms with E-state index in [1.165, 1.54) is 5.56 Å². The molecule has 1 aliphatic carbocycles. The Balaban J connectivity index is 1.25. The van der Waals surface area contributed by atoms with Gasteiger partial charge in [0, 0.05) is 41.9 Å². The highest BCUT2D eigenvalue weighted by atomic mass is 35.5. The molecule has 2 aromatic carbocycles. The van der Waals surface area contributed by atoms with Crippen molar-refractivity contribution in [3.8, 4) is 11.3 Å². The maximum Gasteiger partial charge on any atom is 0.223 e. The van der Waals surface area contributed by atoms with Crippen molar-refractivity contribution < 1.29 is 4.79 Å². The number of carbonyl (C=O) groups excluding carboxylic acids is 1. The lowest BCUT2D eigenvalue weighted by atomic mass is 10.0. The smallest absolute Gasteiger partial charge is 0.223 e. The Bertz CT molecular complexity index is 1280. The van der Waals surface area contributed by atoms with Crippen LogP contribution in [0, 0.1) is 5.92 Å². The van der Waals surface area contributed by atoms with E-state index >= 15 is 0 Å². The molecule has 2 atom stereocenters. The fraction of sp³-hybridized carbons (Fsp3) is 0.208. The number of nitrogens with zero attached hydrogens (tertiary/aromatic N) is 3. The SMILES string of the molecule is [B]c1cnn2c(NCCNC(=O)[C@@H]3C[C@H]3c3ccccc3)cc(-c3ccccc3Cl)nc12. The normalized spacial score (nSPS) is 17.3. The lowest BCUT2D eigenvalue weighted by Crippen LogP contribution is -2.30. The molecule has 1 saturated carbocycles. The standard InChI is InChI=1S/C24H21BClN5O/c25-19-14-29-31-22(13-21(30-23(19)31)16-8-4-5-9-20(16)26)27-10-11-28-24(32)18-12-17(18)15-6-2-1-3-7-15/h1-9,13-14,17-18,27H,10-12H2,(H,28,32)/t17-,18+/m0/s1. The first kappa shape index (κ1) is 20.6. The number of hydrogen-bond acceptors (Lipinski definition) is 4. The van der Waals surface area contributed by atoms with Crippen molar-refractivity contribution in [2.75, 3.05) is 18.4 Å². The third-order valence-electron chi connectivity index (χ3n) is 5.73. The van der Waals surface area contributed by atoms with E-state index in [9.17, 15) is 4.79 Å². The molecule has 1 amide bonds. The molecule has 0 aliphatic heterocycles. The van der Waals surface area contributed by atoms with Crippen molar-refractivity contribution in [3.05, 3.63) is 77.4 Å². The van der Waals surface area contributed by atoms with Gasteiger partial charge >= 0.3 is 0 Å². The van der Waals surface area contributed by atoms with Gasteiger partial charge in [0.25, 0.3) is 0 Å². The summed E-state index contributed by atoms with van der Waals surface area (Å²) < 4.78 is 1.66. The van der Waals surface area contributed by atoms with Crippen LogP contribution >= 0.6 is 11.6 Å². The largest absolute Gasteiger partial charge is 0.368 e. The van der Waals surface area contributed by atoms with Gasteiger partial charge in [-0.05, 0) is 29.4 Å². The molecule has 2 heterocycles. The highest BCUT2D eigenvalue weighted by Gasteiger charge is 2.43. The van der Waals surface area contributed by atoms with E-state index in [1.54, 1.807) is 10.7 Å². The maximum absolute atomic E-state index is 12.5. The first-order valence-corrected chi connectivity index (χ1v) is 11.0. The second-order valence-corrected chi connectivity index (χ2v) is 8.33. The van der Waals surface area contributed by atoms with Gasteiger partial charge in [0.1, 0.15) is 13.7 Å². The molecule has 1 fully saturated rings. The summed E-state index contributed by atoms with van der Waals surface area (Å²) in [6.07, 6.45) is 2.48. The third kappa shape index (κ3) is 4.08. The number of nitrogens with one attached hydrogen (secondary N) is 2. The zero-order valence-corrected chi connectivity index (χ0v) is 18.1. The molecule has 158 valence electrons. The van der Waals surface area contributed by atoms with E-state index in [2.05, 4.69) is 32.8 Å². The number of halogens is 1. The van der Waals surface area contributed by atoms with Crippen LogP contribution in [0.25, 0.3) is 16.9 Å². The van der Waals surface area contributed by atoms with Crippen LogP contribution in [0.2, 0.25) is 5.02 Å². The van der Waals surface area contributed by atoms with Crippen LogP contribution in [0.15, 0.2) is 66.9 Å². The van der Waals surface area contributed by atoms with E-state index < -0.39 is 0 Å². The van der Waals surface area contributed by atoms with Gasteiger partial charge in [0.2, 0.25) is 5.91 Å². The number of rotatable bonds is 7. The van der Waals surface area contributed by atoms with E-state index in [4.69, 9.17) is 19.4 Å². The van der Waals surface area contributed by atoms with Gasteiger partial charge in [-0.3, -0.25) is 4.79 Å². The molecule has 0 bridgehead atoms. The second-order valence-electron chi connectivity index (χ2n) is 7.92. The van der Waals surface area contributed by atoms with E-state index in [0.717, 1.165) is 17.8 Å². The summed E-state index contributed by atoms with van der Waals surface area (Å²) >= 11 is 6.37. The van der Waals surface area contributed by atoms with E-state index in [1.807, 2.05) is 48.5 Å². The molecule has 2 aromatic heterocycles. The summed E-state index contributed by atoms with van der Waals surface area (Å²) in [6, 6.07) is 19.6. The minimum atomic E-state index is 0.0581. The molecule has 2 N–H and O–H groups in total. The number of carbonyl (C=O) groups is 1. The lowest BCUT2D eigenvalue weighted by molar-refractivity contribution is -0.122. The van der Waals surface area contributed by atoms with Gasteiger partial charge in [-0.15, -0.1) is 0 Å². The molecule has 32 heavy (non-hydrogen) atoms. The first-order valence-electron chi connectivity index (χ1n) is 10.6. The summed E-state index contributed by atoms with van der Waals surface area (Å²) in [7, 11) is 6.06. The third-order valence-corrected chi connectivity index (χ3v) is 6.06. The summed E-state index contributed by atoms with van der Waals surface area (Å²) in [5.74, 6) is 1.21. The van der Waals surface area contributed by atoms with Crippen LogP contribution in [0.4, 0.5) is 5.82 Å². The molecule has 6 nitrogen and oxygen atoms in total. The Morgan fingerprint density at radius 3 is 2.72 bits per heavy atom. The minimum Gasteiger partial charge on any atom is -0.368 e. The summed E-state index contributed by atoms with van der Waals surface area (Å²) in [5, 5.41) is 11.3. The quantitative estimate of drug-likeness (QED) is 0.341. The predicted octanol–water partition coefficient (Wildman–Crippen LogP) is 3.18. The van der Waals surface area contributed by atoms with Gasteiger partial charge in [-0.25, -0.2) is 4.98 Å². The first-order chi connectivity index (χ1) is 15.6. The Morgan fingerprint density at radius 2 is 1.91 bits per heavy atom. The maximum atomic E-state index is 12.5. The summed E-state index contributed by atoms with van der Waals surface area (Å²) in [5.41, 5.74) is 3.78. The van der Waals surface area contributed by atoms with Crippen LogP contribution in [0.3, 0.4) is 0 Å². The fourth-order valence-corrected chi connectivity index (χ4v) is 4.21. The average molecular weight is 442 g/mol. The number of hydrogen-bond donors (Lipinski definition) is 2. The van der Waals surface area contributed by atoms with Crippen molar-refractivity contribution in [2.45, 2.75) is 12.3 Å². The summed E-state index contributed by atoms with van der Waals surface area (Å²) in [4.78, 5) is 17.1. The van der Waals surface area contributed by atoms with Gasteiger partial charge in [-0.2, -0.15) is 9.61 Å².